The van der Waals surface area contributed by atoms with Crippen molar-refractivity contribution in [2.45, 2.75) is 25.0 Å². The lowest BCUT2D eigenvalue weighted by Crippen LogP contribution is -2.49. The first-order chi connectivity index (χ1) is 5.11. The monoisotopic (exact) mass is 158 g/mol. The Balaban J connectivity index is 2.54. The van der Waals surface area contributed by atoms with E-state index in [1.807, 2.05) is 11.9 Å². The third-order valence-corrected chi connectivity index (χ3v) is 2.17. The molecule has 1 fully saturated rings. The van der Waals surface area contributed by atoms with Crippen molar-refractivity contribution in [3.63, 3.8) is 0 Å². The predicted octanol–water partition coefficient (Wildman–Crippen LogP) is -1.07. The SMILES string of the molecule is CN1CC[C@H](O)CC1C(N)=O. The van der Waals surface area contributed by atoms with E-state index in [1.54, 1.807) is 0 Å². The summed E-state index contributed by atoms with van der Waals surface area (Å²) in [5.74, 6) is -0.341. The van der Waals surface area contributed by atoms with Crippen molar-refractivity contribution >= 4 is 5.91 Å². The van der Waals surface area contributed by atoms with Crippen LogP contribution in [0.5, 0.6) is 0 Å². The molecule has 0 aromatic heterocycles. The third kappa shape index (κ3) is 1.91. The normalized spacial score (nSPS) is 33.6. The maximum atomic E-state index is 10.8. The van der Waals surface area contributed by atoms with Gasteiger partial charge in [0.15, 0.2) is 0 Å². The molecule has 0 saturated carbocycles. The van der Waals surface area contributed by atoms with Crippen molar-refractivity contribution in [2.24, 2.45) is 5.73 Å². The van der Waals surface area contributed by atoms with E-state index in [4.69, 9.17) is 5.73 Å². The van der Waals surface area contributed by atoms with Gasteiger partial charge in [-0.3, -0.25) is 9.69 Å². The number of aliphatic hydroxyl groups is 1. The number of amides is 1. The quantitative estimate of drug-likeness (QED) is 0.510. The summed E-state index contributed by atoms with van der Waals surface area (Å²) in [5, 5.41) is 9.21. The van der Waals surface area contributed by atoms with E-state index in [0.29, 0.717) is 6.42 Å². The van der Waals surface area contributed by atoms with E-state index >= 15 is 0 Å². The molecule has 2 atom stereocenters. The number of likely N-dealkylation sites (tertiary alicyclic amines) is 1. The molecule has 4 nitrogen and oxygen atoms in total. The number of piperidine rings is 1. The van der Waals surface area contributed by atoms with Crippen LogP contribution in [0.25, 0.3) is 0 Å². The van der Waals surface area contributed by atoms with E-state index in [1.165, 1.54) is 0 Å². The molecule has 1 aliphatic rings. The van der Waals surface area contributed by atoms with Crippen LogP contribution >= 0.6 is 0 Å². The van der Waals surface area contributed by atoms with Gasteiger partial charge < -0.3 is 10.8 Å². The largest absolute Gasteiger partial charge is 0.393 e. The number of aliphatic hydroxyl groups excluding tert-OH is 1. The van der Waals surface area contributed by atoms with Gasteiger partial charge in [-0.05, 0) is 19.9 Å². The zero-order chi connectivity index (χ0) is 8.43. The molecule has 3 N–H and O–H groups in total. The Morgan fingerprint density at radius 3 is 2.82 bits per heavy atom. The Bertz CT molecular complexity index is 161. The molecule has 1 aliphatic heterocycles. The van der Waals surface area contributed by atoms with Crippen LogP contribution in [-0.2, 0) is 4.79 Å². The average molecular weight is 158 g/mol. The molecule has 0 aliphatic carbocycles. The van der Waals surface area contributed by atoms with Crippen molar-refractivity contribution in [1.82, 2.24) is 4.90 Å². The number of hydrogen-bond donors (Lipinski definition) is 2. The van der Waals surface area contributed by atoms with Crippen LogP contribution in [0.15, 0.2) is 0 Å². The van der Waals surface area contributed by atoms with E-state index in [2.05, 4.69) is 0 Å². The minimum absolute atomic E-state index is 0.279. The first-order valence-corrected chi connectivity index (χ1v) is 3.79. The number of carbonyl (C=O) groups excluding carboxylic acids is 1. The molecule has 0 aromatic rings. The minimum atomic E-state index is -0.358. The van der Waals surface area contributed by atoms with Crippen LogP contribution in [0, 0.1) is 0 Å². The van der Waals surface area contributed by atoms with Crippen LogP contribution in [0.2, 0.25) is 0 Å². The highest BCUT2D eigenvalue weighted by Crippen LogP contribution is 2.14. The fraction of sp³-hybridized carbons (Fsp3) is 0.857. The molecule has 0 spiro atoms. The van der Waals surface area contributed by atoms with Crippen LogP contribution in [0.3, 0.4) is 0 Å². The predicted molar refractivity (Wildman–Crippen MR) is 40.9 cm³/mol. The number of likely N-dealkylation sites (N-methyl/N-ethyl adjacent to an activating group) is 1. The lowest BCUT2D eigenvalue weighted by atomic mass is 10.00. The molecule has 1 saturated heterocycles. The van der Waals surface area contributed by atoms with Crippen LogP contribution in [0.1, 0.15) is 12.8 Å². The summed E-state index contributed by atoms with van der Waals surface area (Å²) in [5.41, 5.74) is 5.13. The molecule has 1 heterocycles. The van der Waals surface area contributed by atoms with E-state index in [0.717, 1.165) is 13.0 Å². The van der Waals surface area contributed by atoms with Gasteiger partial charge in [-0.1, -0.05) is 0 Å². The maximum absolute atomic E-state index is 10.8. The fourth-order valence-electron chi connectivity index (χ4n) is 1.40. The molecule has 1 amide bonds. The van der Waals surface area contributed by atoms with Crippen molar-refractivity contribution in [1.29, 1.82) is 0 Å². The van der Waals surface area contributed by atoms with E-state index in [-0.39, 0.29) is 18.1 Å². The molecule has 4 heteroatoms. The number of hydrogen-bond acceptors (Lipinski definition) is 3. The Kier molecular flexibility index (Phi) is 2.46. The number of primary amides is 1. The Morgan fingerprint density at radius 2 is 2.36 bits per heavy atom. The molecule has 0 radical (unpaired) electrons. The van der Waals surface area contributed by atoms with Crippen LogP contribution in [-0.4, -0.2) is 41.7 Å². The van der Waals surface area contributed by atoms with Gasteiger partial charge in [0, 0.05) is 6.54 Å². The first-order valence-electron chi connectivity index (χ1n) is 3.79. The molecular weight excluding hydrogens is 144 g/mol. The van der Waals surface area contributed by atoms with Gasteiger partial charge >= 0.3 is 0 Å². The van der Waals surface area contributed by atoms with Crippen molar-refractivity contribution < 1.29 is 9.90 Å². The highest BCUT2D eigenvalue weighted by molar-refractivity contribution is 5.79. The lowest BCUT2D eigenvalue weighted by Gasteiger charge is -2.32. The zero-order valence-electron chi connectivity index (χ0n) is 6.66. The van der Waals surface area contributed by atoms with Crippen LogP contribution < -0.4 is 5.73 Å². The minimum Gasteiger partial charge on any atom is -0.393 e. The summed E-state index contributed by atoms with van der Waals surface area (Å²) >= 11 is 0. The molecule has 1 rings (SSSR count). The zero-order valence-corrected chi connectivity index (χ0v) is 6.66. The number of nitrogens with two attached hydrogens (primary N) is 1. The molecule has 64 valence electrons. The average Bonchev–Trinajstić information content (AvgIpc) is 1.94. The fourth-order valence-corrected chi connectivity index (χ4v) is 1.40. The third-order valence-electron chi connectivity index (χ3n) is 2.17. The summed E-state index contributed by atoms with van der Waals surface area (Å²) < 4.78 is 0. The number of nitrogens with zero attached hydrogens (tertiary/aromatic N) is 1. The van der Waals surface area contributed by atoms with Gasteiger partial charge in [0.1, 0.15) is 0 Å². The number of carbonyl (C=O) groups is 1. The summed E-state index contributed by atoms with van der Waals surface area (Å²) in [6, 6.07) is -0.279. The second kappa shape index (κ2) is 3.19. The Labute approximate surface area is 66.0 Å². The van der Waals surface area contributed by atoms with Gasteiger partial charge in [-0.25, -0.2) is 0 Å². The second-order valence-corrected chi connectivity index (χ2v) is 3.08. The standard InChI is InChI=1S/C7H14N2O2/c1-9-3-2-5(10)4-6(9)7(8)11/h5-6,10H,2-4H2,1H3,(H2,8,11)/t5-,6?/m0/s1. The summed E-state index contributed by atoms with van der Waals surface area (Å²) in [4.78, 5) is 12.7. The molecular formula is C7H14N2O2. The van der Waals surface area contributed by atoms with E-state index in [9.17, 15) is 9.90 Å². The van der Waals surface area contributed by atoms with Crippen LogP contribution in [0.4, 0.5) is 0 Å². The highest BCUT2D eigenvalue weighted by atomic mass is 16.3. The summed E-state index contributed by atoms with van der Waals surface area (Å²) in [7, 11) is 1.85. The molecule has 0 aromatic carbocycles. The Hall–Kier alpha value is -0.610. The molecule has 11 heavy (non-hydrogen) atoms. The van der Waals surface area contributed by atoms with Gasteiger partial charge in [0.05, 0.1) is 12.1 Å². The summed E-state index contributed by atoms with van der Waals surface area (Å²) in [6.07, 6.45) is 0.857. The van der Waals surface area contributed by atoms with E-state index < -0.39 is 0 Å². The molecule has 1 unspecified atom stereocenters. The van der Waals surface area contributed by atoms with Crippen molar-refractivity contribution in [3.8, 4) is 0 Å². The van der Waals surface area contributed by atoms with Gasteiger partial charge in [0.2, 0.25) is 5.91 Å². The van der Waals surface area contributed by atoms with Gasteiger partial charge in [-0.2, -0.15) is 0 Å². The van der Waals surface area contributed by atoms with Gasteiger partial charge in [-0.15, -0.1) is 0 Å². The second-order valence-electron chi connectivity index (χ2n) is 3.08. The topological polar surface area (TPSA) is 66.6 Å². The smallest absolute Gasteiger partial charge is 0.234 e. The maximum Gasteiger partial charge on any atom is 0.234 e. The summed E-state index contributed by atoms with van der Waals surface area (Å²) in [6.45, 7) is 0.745. The lowest BCUT2D eigenvalue weighted by molar-refractivity contribution is -0.125. The first kappa shape index (κ1) is 8.49. The Morgan fingerprint density at radius 1 is 1.73 bits per heavy atom. The van der Waals surface area contributed by atoms with Gasteiger partial charge in [0.25, 0.3) is 0 Å². The number of rotatable bonds is 1. The highest BCUT2D eigenvalue weighted by Gasteiger charge is 2.28. The van der Waals surface area contributed by atoms with Crippen molar-refractivity contribution in [2.75, 3.05) is 13.6 Å². The molecule has 0 bridgehead atoms. The van der Waals surface area contributed by atoms with Crippen molar-refractivity contribution in [3.05, 3.63) is 0 Å².